The maximum absolute atomic E-state index is 5.52. The second-order valence-corrected chi connectivity index (χ2v) is 4.10. The van der Waals surface area contributed by atoms with E-state index in [4.69, 9.17) is 5.73 Å². The summed E-state index contributed by atoms with van der Waals surface area (Å²) in [5, 5.41) is 4.17. The fourth-order valence-corrected chi connectivity index (χ4v) is 1.65. The van der Waals surface area contributed by atoms with Crippen LogP contribution in [0.25, 0.3) is 0 Å². The summed E-state index contributed by atoms with van der Waals surface area (Å²) in [7, 11) is 0. The molecule has 0 fully saturated rings. The summed E-state index contributed by atoms with van der Waals surface area (Å²) >= 11 is 3.35. The molecule has 5 heteroatoms. The summed E-state index contributed by atoms with van der Waals surface area (Å²) in [4.78, 5) is 4.39. The molecule has 2 aromatic heterocycles. The molecule has 15 heavy (non-hydrogen) atoms. The van der Waals surface area contributed by atoms with E-state index in [1.165, 1.54) is 0 Å². The Morgan fingerprint density at radius 1 is 1.33 bits per heavy atom. The molecule has 2 heterocycles. The number of hydrogen-bond donors (Lipinski definition) is 1. The summed E-state index contributed by atoms with van der Waals surface area (Å²) in [6.07, 6.45) is 3.67. The largest absolute Gasteiger partial charge is 0.325 e. The van der Waals surface area contributed by atoms with Crippen LogP contribution in [0.1, 0.15) is 11.4 Å². The van der Waals surface area contributed by atoms with Crippen LogP contribution in [-0.2, 0) is 13.1 Å². The van der Waals surface area contributed by atoms with Crippen LogP contribution in [0.15, 0.2) is 35.1 Å². The van der Waals surface area contributed by atoms with Gasteiger partial charge in [-0.15, -0.1) is 0 Å². The van der Waals surface area contributed by atoms with Gasteiger partial charge in [-0.05, 0) is 28.1 Å². The molecule has 78 valence electrons. The molecule has 2 N–H and O–H groups in total. The van der Waals surface area contributed by atoms with Gasteiger partial charge in [-0.2, -0.15) is 5.10 Å². The lowest BCUT2D eigenvalue weighted by atomic mass is 10.3. The Morgan fingerprint density at radius 3 is 2.80 bits per heavy atom. The van der Waals surface area contributed by atoms with Gasteiger partial charge in [-0.3, -0.25) is 9.67 Å². The third-order valence-electron chi connectivity index (χ3n) is 2.00. The first kappa shape index (κ1) is 10.3. The second-order valence-electron chi connectivity index (χ2n) is 3.18. The van der Waals surface area contributed by atoms with Crippen molar-refractivity contribution < 1.29 is 0 Å². The third kappa shape index (κ3) is 2.64. The van der Waals surface area contributed by atoms with E-state index in [9.17, 15) is 0 Å². The van der Waals surface area contributed by atoms with Crippen LogP contribution in [0.3, 0.4) is 0 Å². The average Bonchev–Trinajstić information content (AvgIpc) is 2.64. The summed E-state index contributed by atoms with van der Waals surface area (Å²) in [5.41, 5.74) is 7.39. The van der Waals surface area contributed by atoms with E-state index in [-0.39, 0.29) is 0 Å². The Bertz CT molecular complexity index is 452. The third-order valence-corrected chi connectivity index (χ3v) is 2.41. The highest BCUT2D eigenvalue weighted by Gasteiger charge is 1.99. The first-order valence-electron chi connectivity index (χ1n) is 4.61. The van der Waals surface area contributed by atoms with Gasteiger partial charge >= 0.3 is 0 Å². The van der Waals surface area contributed by atoms with Crippen LogP contribution in [0.5, 0.6) is 0 Å². The first-order chi connectivity index (χ1) is 7.28. The monoisotopic (exact) mass is 266 g/mol. The van der Waals surface area contributed by atoms with Gasteiger partial charge in [0.05, 0.1) is 28.6 Å². The molecule has 4 nitrogen and oxygen atoms in total. The highest BCUT2D eigenvalue weighted by Crippen LogP contribution is 2.08. The quantitative estimate of drug-likeness (QED) is 0.917. The van der Waals surface area contributed by atoms with Gasteiger partial charge in [0.2, 0.25) is 0 Å². The van der Waals surface area contributed by atoms with Gasteiger partial charge in [-0.25, -0.2) is 0 Å². The molecule has 0 bridgehead atoms. The molecule has 0 saturated carbocycles. The van der Waals surface area contributed by atoms with E-state index in [1.54, 1.807) is 6.20 Å². The molecule has 0 atom stereocenters. The van der Waals surface area contributed by atoms with E-state index in [1.807, 2.05) is 29.1 Å². The second kappa shape index (κ2) is 4.55. The minimum atomic E-state index is 0.469. The topological polar surface area (TPSA) is 56.7 Å². The lowest BCUT2D eigenvalue weighted by Gasteiger charge is -2.02. The molecule has 0 aliphatic rings. The smallest absolute Gasteiger partial charge is 0.0831 e. The number of hydrogen-bond acceptors (Lipinski definition) is 3. The van der Waals surface area contributed by atoms with Crippen LogP contribution in [-0.4, -0.2) is 14.8 Å². The summed E-state index contributed by atoms with van der Waals surface area (Å²) < 4.78 is 2.80. The minimum Gasteiger partial charge on any atom is -0.325 e. The summed E-state index contributed by atoms with van der Waals surface area (Å²) in [6, 6.07) is 5.85. The predicted molar refractivity (Wildman–Crippen MR) is 61.2 cm³/mol. The molecular weight excluding hydrogens is 256 g/mol. The molecule has 2 rings (SSSR count). The SMILES string of the molecule is NCc1cccc(Cn2cc(Br)cn2)n1. The van der Waals surface area contributed by atoms with Gasteiger partial charge in [0, 0.05) is 12.7 Å². The van der Waals surface area contributed by atoms with Crippen LogP contribution in [0, 0.1) is 0 Å². The molecule has 0 amide bonds. The zero-order valence-corrected chi connectivity index (χ0v) is 9.68. The molecule has 0 saturated heterocycles. The van der Waals surface area contributed by atoms with Crippen molar-refractivity contribution in [3.63, 3.8) is 0 Å². The van der Waals surface area contributed by atoms with Crippen molar-refractivity contribution in [3.8, 4) is 0 Å². The molecule has 0 aliphatic heterocycles. The Balaban J connectivity index is 2.16. The molecule has 2 aromatic rings. The number of rotatable bonds is 3. The standard InChI is InChI=1S/C10H11BrN4/c11-8-5-13-15(6-8)7-10-3-1-2-9(4-12)14-10/h1-3,5-6H,4,7,12H2. The van der Waals surface area contributed by atoms with Crippen molar-refractivity contribution in [1.82, 2.24) is 14.8 Å². The van der Waals surface area contributed by atoms with E-state index >= 15 is 0 Å². The Labute approximate surface area is 96.3 Å². The van der Waals surface area contributed by atoms with Crippen LogP contribution >= 0.6 is 15.9 Å². The average molecular weight is 267 g/mol. The predicted octanol–water partition coefficient (Wildman–Crippen LogP) is 1.55. The van der Waals surface area contributed by atoms with Gasteiger partial charge < -0.3 is 5.73 Å². The number of aromatic nitrogens is 3. The number of nitrogens with two attached hydrogens (primary N) is 1. The summed E-state index contributed by atoms with van der Waals surface area (Å²) in [6.45, 7) is 1.14. The van der Waals surface area contributed by atoms with E-state index < -0.39 is 0 Å². The van der Waals surface area contributed by atoms with Crippen molar-refractivity contribution in [2.24, 2.45) is 5.73 Å². The molecule has 0 radical (unpaired) electrons. The fraction of sp³-hybridized carbons (Fsp3) is 0.200. The lowest BCUT2D eigenvalue weighted by molar-refractivity contribution is 0.669. The van der Waals surface area contributed by atoms with Gasteiger partial charge in [0.25, 0.3) is 0 Å². The Hall–Kier alpha value is -1.20. The summed E-state index contributed by atoms with van der Waals surface area (Å²) in [5.74, 6) is 0. The van der Waals surface area contributed by atoms with Crippen LogP contribution < -0.4 is 5.73 Å². The van der Waals surface area contributed by atoms with Crippen molar-refractivity contribution in [1.29, 1.82) is 0 Å². The van der Waals surface area contributed by atoms with Gasteiger partial charge in [0.15, 0.2) is 0 Å². The fourth-order valence-electron chi connectivity index (χ4n) is 1.32. The molecule has 0 aliphatic carbocycles. The molecule has 0 aromatic carbocycles. The zero-order valence-electron chi connectivity index (χ0n) is 8.10. The van der Waals surface area contributed by atoms with Gasteiger partial charge in [0.1, 0.15) is 0 Å². The van der Waals surface area contributed by atoms with Crippen LogP contribution in [0.4, 0.5) is 0 Å². The minimum absolute atomic E-state index is 0.469. The zero-order chi connectivity index (χ0) is 10.7. The lowest BCUT2D eigenvalue weighted by Crippen LogP contribution is -2.05. The van der Waals surface area contributed by atoms with E-state index in [0.29, 0.717) is 13.1 Å². The van der Waals surface area contributed by atoms with Crippen molar-refractivity contribution >= 4 is 15.9 Å². The normalized spacial score (nSPS) is 10.5. The molecular formula is C10H11BrN4. The van der Waals surface area contributed by atoms with E-state index in [2.05, 4.69) is 26.0 Å². The van der Waals surface area contributed by atoms with Crippen molar-refractivity contribution in [2.75, 3.05) is 0 Å². The number of nitrogens with zero attached hydrogens (tertiary/aromatic N) is 3. The highest BCUT2D eigenvalue weighted by atomic mass is 79.9. The van der Waals surface area contributed by atoms with E-state index in [0.717, 1.165) is 15.9 Å². The number of pyridine rings is 1. The molecule has 0 spiro atoms. The number of halogens is 1. The van der Waals surface area contributed by atoms with Crippen LogP contribution in [0.2, 0.25) is 0 Å². The van der Waals surface area contributed by atoms with Gasteiger partial charge in [-0.1, -0.05) is 6.07 Å². The molecule has 0 unspecified atom stereocenters. The highest BCUT2D eigenvalue weighted by molar-refractivity contribution is 9.10. The first-order valence-corrected chi connectivity index (χ1v) is 5.40. The Kier molecular flexibility index (Phi) is 3.13. The van der Waals surface area contributed by atoms with Crippen molar-refractivity contribution in [2.45, 2.75) is 13.1 Å². The maximum Gasteiger partial charge on any atom is 0.0831 e. The Morgan fingerprint density at radius 2 is 2.13 bits per heavy atom. The van der Waals surface area contributed by atoms with Crippen molar-refractivity contribution in [3.05, 3.63) is 46.5 Å². The maximum atomic E-state index is 5.52.